The zero-order valence-corrected chi connectivity index (χ0v) is 11.0. The predicted octanol–water partition coefficient (Wildman–Crippen LogP) is 0.269. The number of nitrogens with zero attached hydrogens (tertiary/aromatic N) is 6. The van der Waals surface area contributed by atoms with Gasteiger partial charge in [0.1, 0.15) is 12.7 Å². The van der Waals surface area contributed by atoms with E-state index in [0.717, 1.165) is 12.3 Å². The molecule has 0 spiro atoms. The summed E-state index contributed by atoms with van der Waals surface area (Å²) in [6.45, 7) is 0.797. The Bertz CT molecular complexity index is 485. The molecule has 0 bridgehead atoms. The first-order valence-electron chi connectivity index (χ1n) is 5.35. The van der Waals surface area contributed by atoms with Gasteiger partial charge in [0.25, 0.3) is 5.95 Å². The van der Waals surface area contributed by atoms with Crippen molar-refractivity contribution in [1.29, 1.82) is 0 Å². The van der Waals surface area contributed by atoms with E-state index in [1.54, 1.807) is 25.1 Å². The van der Waals surface area contributed by atoms with E-state index in [4.69, 9.17) is 0 Å². The third kappa shape index (κ3) is 3.06. The van der Waals surface area contributed by atoms with Crippen LogP contribution in [0, 0.1) is 0 Å². The Labute approximate surface area is 109 Å². The highest BCUT2D eigenvalue weighted by Crippen LogP contribution is 2.07. The van der Waals surface area contributed by atoms with Gasteiger partial charge in [-0.3, -0.25) is 0 Å². The SMILES string of the molecule is CNc1nc(NCCSC)nc(-n2cncn2)n1. The van der Waals surface area contributed by atoms with Crippen molar-refractivity contribution in [2.75, 3.05) is 36.2 Å². The lowest BCUT2D eigenvalue weighted by molar-refractivity contribution is 0.796. The zero-order valence-electron chi connectivity index (χ0n) is 10.2. The molecule has 2 aromatic heterocycles. The van der Waals surface area contributed by atoms with E-state index in [2.05, 4.69) is 41.9 Å². The van der Waals surface area contributed by atoms with Crippen LogP contribution in [0.15, 0.2) is 12.7 Å². The van der Waals surface area contributed by atoms with E-state index in [9.17, 15) is 0 Å². The maximum atomic E-state index is 4.27. The summed E-state index contributed by atoms with van der Waals surface area (Å²) in [4.78, 5) is 16.6. The summed E-state index contributed by atoms with van der Waals surface area (Å²) in [5, 5.41) is 10.0. The highest BCUT2D eigenvalue weighted by molar-refractivity contribution is 7.98. The van der Waals surface area contributed by atoms with Crippen LogP contribution in [0.5, 0.6) is 0 Å². The molecule has 0 saturated carbocycles. The first-order valence-corrected chi connectivity index (χ1v) is 6.74. The van der Waals surface area contributed by atoms with Gasteiger partial charge in [0.15, 0.2) is 0 Å². The molecular weight excluding hydrogens is 252 g/mol. The molecule has 18 heavy (non-hydrogen) atoms. The van der Waals surface area contributed by atoms with E-state index >= 15 is 0 Å². The molecule has 0 aliphatic heterocycles. The Kier molecular flexibility index (Phi) is 4.29. The van der Waals surface area contributed by atoms with Crippen molar-refractivity contribution in [1.82, 2.24) is 29.7 Å². The largest absolute Gasteiger partial charge is 0.357 e. The topological polar surface area (TPSA) is 93.4 Å². The molecule has 0 unspecified atom stereocenters. The number of anilines is 2. The maximum Gasteiger partial charge on any atom is 0.258 e. The second-order valence-electron chi connectivity index (χ2n) is 3.29. The molecule has 0 aromatic carbocycles. The Morgan fingerprint density at radius 2 is 2.11 bits per heavy atom. The molecular formula is C9H14N8S. The minimum Gasteiger partial charge on any atom is -0.357 e. The van der Waals surface area contributed by atoms with Gasteiger partial charge >= 0.3 is 0 Å². The van der Waals surface area contributed by atoms with Gasteiger partial charge in [-0.25, -0.2) is 4.98 Å². The summed E-state index contributed by atoms with van der Waals surface area (Å²) in [5.74, 6) is 2.42. The van der Waals surface area contributed by atoms with Crippen molar-refractivity contribution < 1.29 is 0 Å². The monoisotopic (exact) mass is 266 g/mol. The van der Waals surface area contributed by atoms with Crippen LogP contribution in [0.2, 0.25) is 0 Å². The fourth-order valence-corrected chi connectivity index (χ4v) is 1.54. The Hall–Kier alpha value is -1.90. The predicted molar refractivity (Wildman–Crippen MR) is 71.2 cm³/mol. The van der Waals surface area contributed by atoms with Crippen molar-refractivity contribution in [2.45, 2.75) is 0 Å². The molecule has 9 heteroatoms. The number of aromatic nitrogens is 6. The molecule has 0 amide bonds. The molecule has 0 atom stereocenters. The number of thioether (sulfide) groups is 1. The minimum atomic E-state index is 0.429. The lowest BCUT2D eigenvalue weighted by atomic mass is 10.7. The first-order chi connectivity index (χ1) is 8.83. The maximum absolute atomic E-state index is 4.27. The lowest BCUT2D eigenvalue weighted by Gasteiger charge is -2.07. The normalized spacial score (nSPS) is 10.3. The number of hydrogen-bond donors (Lipinski definition) is 2. The van der Waals surface area contributed by atoms with Crippen LogP contribution >= 0.6 is 11.8 Å². The molecule has 2 aromatic rings. The molecule has 96 valence electrons. The van der Waals surface area contributed by atoms with Gasteiger partial charge in [0, 0.05) is 19.3 Å². The molecule has 8 nitrogen and oxygen atoms in total. The summed E-state index contributed by atoms with van der Waals surface area (Å²) < 4.78 is 1.49. The average Bonchev–Trinajstić information content (AvgIpc) is 2.92. The highest BCUT2D eigenvalue weighted by atomic mass is 32.2. The Morgan fingerprint density at radius 3 is 2.78 bits per heavy atom. The van der Waals surface area contributed by atoms with Gasteiger partial charge in [-0.05, 0) is 6.26 Å². The van der Waals surface area contributed by atoms with Crippen LogP contribution in [0.3, 0.4) is 0 Å². The molecule has 0 radical (unpaired) electrons. The van der Waals surface area contributed by atoms with Crippen molar-refractivity contribution in [3.05, 3.63) is 12.7 Å². The summed E-state index contributed by atoms with van der Waals surface area (Å²) in [6, 6.07) is 0. The van der Waals surface area contributed by atoms with Gasteiger partial charge in [0.05, 0.1) is 0 Å². The Morgan fingerprint density at radius 1 is 1.28 bits per heavy atom. The van der Waals surface area contributed by atoms with Gasteiger partial charge in [-0.1, -0.05) is 0 Å². The minimum absolute atomic E-state index is 0.429. The van der Waals surface area contributed by atoms with Gasteiger partial charge in [0.2, 0.25) is 11.9 Å². The summed E-state index contributed by atoms with van der Waals surface area (Å²) in [5.41, 5.74) is 0. The van der Waals surface area contributed by atoms with E-state index < -0.39 is 0 Å². The van der Waals surface area contributed by atoms with Crippen LogP contribution in [0.4, 0.5) is 11.9 Å². The quantitative estimate of drug-likeness (QED) is 0.720. The van der Waals surface area contributed by atoms with Crippen LogP contribution in [-0.4, -0.2) is 55.3 Å². The van der Waals surface area contributed by atoms with E-state index in [1.807, 2.05) is 0 Å². The highest BCUT2D eigenvalue weighted by Gasteiger charge is 2.07. The molecule has 2 N–H and O–H groups in total. The molecule has 0 fully saturated rings. The second kappa shape index (κ2) is 6.15. The van der Waals surface area contributed by atoms with Crippen molar-refractivity contribution in [3.8, 4) is 5.95 Å². The van der Waals surface area contributed by atoms with Gasteiger partial charge in [-0.2, -0.15) is 36.5 Å². The zero-order chi connectivity index (χ0) is 12.8. The third-order valence-corrected chi connectivity index (χ3v) is 2.67. The van der Waals surface area contributed by atoms with Crippen LogP contribution in [0.1, 0.15) is 0 Å². The van der Waals surface area contributed by atoms with Crippen LogP contribution < -0.4 is 10.6 Å². The third-order valence-electron chi connectivity index (χ3n) is 2.06. The Balaban J connectivity index is 2.22. The lowest BCUT2D eigenvalue weighted by Crippen LogP contribution is -2.13. The molecule has 2 heterocycles. The van der Waals surface area contributed by atoms with Crippen molar-refractivity contribution in [2.24, 2.45) is 0 Å². The fraction of sp³-hybridized carbons (Fsp3) is 0.444. The summed E-state index contributed by atoms with van der Waals surface area (Å²) >= 11 is 1.76. The molecule has 2 rings (SSSR count). The van der Waals surface area contributed by atoms with E-state index in [0.29, 0.717) is 17.8 Å². The molecule has 0 aliphatic carbocycles. The van der Waals surface area contributed by atoms with E-state index in [-0.39, 0.29) is 0 Å². The van der Waals surface area contributed by atoms with Crippen molar-refractivity contribution >= 4 is 23.7 Å². The average molecular weight is 266 g/mol. The first kappa shape index (κ1) is 12.6. The summed E-state index contributed by atoms with van der Waals surface area (Å²) in [6.07, 6.45) is 5.03. The smallest absolute Gasteiger partial charge is 0.258 e. The fourth-order valence-electron chi connectivity index (χ4n) is 1.23. The van der Waals surface area contributed by atoms with E-state index in [1.165, 1.54) is 11.0 Å². The van der Waals surface area contributed by atoms with Crippen LogP contribution in [-0.2, 0) is 0 Å². The van der Waals surface area contributed by atoms with Crippen LogP contribution in [0.25, 0.3) is 5.95 Å². The van der Waals surface area contributed by atoms with Crippen molar-refractivity contribution in [3.63, 3.8) is 0 Å². The standard InChI is InChI=1S/C9H14N8S/c1-10-7-14-8(12-3-4-18-2)16-9(15-7)17-6-11-5-13-17/h5-6H,3-4H2,1-2H3,(H2,10,12,14,15,16). The van der Waals surface area contributed by atoms with Gasteiger partial charge in [-0.15, -0.1) is 0 Å². The number of hydrogen-bond acceptors (Lipinski definition) is 8. The second-order valence-corrected chi connectivity index (χ2v) is 4.28. The van der Waals surface area contributed by atoms with Gasteiger partial charge < -0.3 is 10.6 Å². The molecule has 0 saturated heterocycles. The number of nitrogens with one attached hydrogen (secondary N) is 2. The molecule has 0 aliphatic rings. The number of rotatable bonds is 6. The summed E-state index contributed by atoms with van der Waals surface area (Å²) in [7, 11) is 1.76.